The van der Waals surface area contributed by atoms with Crippen LogP contribution in [-0.2, 0) is 9.59 Å². The molecule has 9 heteroatoms. The quantitative estimate of drug-likeness (QED) is 0.457. The average molecular weight is 428 g/mol. The third-order valence-corrected chi connectivity index (χ3v) is 4.31. The van der Waals surface area contributed by atoms with E-state index in [1.807, 2.05) is 25.1 Å². The molecule has 1 aromatic heterocycles. The maximum absolute atomic E-state index is 13.8. The van der Waals surface area contributed by atoms with Crippen molar-refractivity contribution in [1.29, 1.82) is 0 Å². The number of nitrogens with one attached hydrogen (secondary N) is 1. The molecule has 0 aliphatic heterocycles. The predicted octanol–water partition coefficient (Wildman–Crippen LogP) is 3.94. The number of amides is 2. The Labute approximate surface area is 176 Å². The van der Waals surface area contributed by atoms with Crippen LogP contribution in [-0.4, -0.2) is 39.8 Å². The number of nitrogens with zero attached hydrogens (tertiary/aromatic N) is 3. The highest BCUT2D eigenvalue weighted by Gasteiger charge is 2.18. The molecule has 6 nitrogen and oxygen atoms in total. The van der Waals surface area contributed by atoms with E-state index in [1.54, 1.807) is 6.07 Å². The van der Waals surface area contributed by atoms with Gasteiger partial charge in [-0.3, -0.25) is 14.6 Å². The molecular formula is C22H19F3N4O2. The molecule has 0 bridgehead atoms. The summed E-state index contributed by atoms with van der Waals surface area (Å²) in [5.74, 6) is -5.75. The molecule has 0 saturated heterocycles. The lowest BCUT2D eigenvalue weighted by atomic mass is 10.2. The molecule has 1 heterocycles. The topological polar surface area (TPSA) is 75.2 Å². The smallest absolute Gasteiger partial charge is 0.247 e. The minimum absolute atomic E-state index is 0.264. The second-order valence-electron chi connectivity index (χ2n) is 6.65. The van der Waals surface area contributed by atoms with Crippen molar-refractivity contribution in [2.24, 2.45) is 0 Å². The average Bonchev–Trinajstić information content (AvgIpc) is 2.77. The number of carbonyl (C=O) groups excluding carboxylic acids is 2. The number of anilines is 1. The zero-order valence-corrected chi connectivity index (χ0v) is 16.6. The van der Waals surface area contributed by atoms with Crippen LogP contribution in [0.2, 0.25) is 0 Å². The van der Waals surface area contributed by atoms with Crippen LogP contribution in [0.4, 0.5) is 18.9 Å². The maximum Gasteiger partial charge on any atom is 0.247 e. The van der Waals surface area contributed by atoms with E-state index in [0.29, 0.717) is 23.7 Å². The first-order chi connectivity index (χ1) is 14.9. The highest BCUT2D eigenvalue weighted by Crippen LogP contribution is 2.19. The lowest BCUT2D eigenvalue weighted by molar-refractivity contribution is -0.130. The number of benzene rings is 2. The van der Waals surface area contributed by atoms with E-state index in [1.165, 1.54) is 23.2 Å². The van der Waals surface area contributed by atoms with Crippen LogP contribution in [0, 0.1) is 17.5 Å². The molecule has 0 fully saturated rings. The van der Waals surface area contributed by atoms with Crippen LogP contribution >= 0.6 is 0 Å². The molecule has 2 amide bonds. The van der Waals surface area contributed by atoms with Crippen molar-refractivity contribution in [3.63, 3.8) is 0 Å². The zero-order chi connectivity index (χ0) is 22.4. The van der Waals surface area contributed by atoms with Gasteiger partial charge in [0.25, 0.3) is 0 Å². The fourth-order valence-corrected chi connectivity index (χ4v) is 2.84. The molecule has 3 aromatic rings. The minimum Gasteiger partial charge on any atom is -0.330 e. The van der Waals surface area contributed by atoms with Crippen LogP contribution in [0.15, 0.2) is 48.7 Å². The van der Waals surface area contributed by atoms with Crippen molar-refractivity contribution in [1.82, 2.24) is 14.9 Å². The standard InChI is InChI=1S/C22H19F3N4O2/c1-2-11-29(13-19(30)28-18-9-8-15(23)21(24)22(18)25)20(31)10-7-14-12-26-16-5-3-4-6-17(16)27-14/h3-10,12H,2,11,13H2,1H3,(H,28,30)/b10-7+. The lowest BCUT2D eigenvalue weighted by Gasteiger charge is -2.20. The Kier molecular flexibility index (Phi) is 6.96. The number of rotatable bonds is 7. The van der Waals surface area contributed by atoms with E-state index in [2.05, 4.69) is 15.3 Å². The summed E-state index contributed by atoms with van der Waals surface area (Å²) in [5, 5.41) is 2.15. The lowest BCUT2D eigenvalue weighted by Crippen LogP contribution is -2.37. The summed E-state index contributed by atoms with van der Waals surface area (Å²) < 4.78 is 40.1. The van der Waals surface area contributed by atoms with Crippen molar-refractivity contribution in [2.75, 3.05) is 18.4 Å². The predicted molar refractivity (Wildman–Crippen MR) is 110 cm³/mol. The fraction of sp³-hybridized carbons (Fsp3) is 0.182. The van der Waals surface area contributed by atoms with Crippen LogP contribution < -0.4 is 5.32 Å². The van der Waals surface area contributed by atoms with E-state index < -0.39 is 41.5 Å². The van der Waals surface area contributed by atoms with Gasteiger partial charge in [0.15, 0.2) is 17.5 Å². The molecule has 0 unspecified atom stereocenters. The van der Waals surface area contributed by atoms with Gasteiger partial charge in [0.05, 0.1) is 28.6 Å². The molecule has 3 rings (SSSR count). The zero-order valence-electron chi connectivity index (χ0n) is 16.6. The van der Waals surface area contributed by atoms with Crippen molar-refractivity contribution < 1.29 is 22.8 Å². The summed E-state index contributed by atoms with van der Waals surface area (Å²) in [6.07, 6.45) is 4.84. The normalized spacial score (nSPS) is 11.1. The molecular weight excluding hydrogens is 409 g/mol. The van der Waals surface area contributed by atoms with E-state index in [4.69, 9.17) is 0 Å². The van der Waals surface area contributed by atoms with Crippen LogP contribution in [0.3, 0.4) is 0 Å². The molecule has 1 N–H and O–H groups in total. The molecule has 0 radical (unpaired) electrons. The Morgan fingerprint density at radius 1 is 1.06 bits per heavy atom. The Bertz CT molecular complexity index is 1150. The van der Waals surface area contributed by atoms with Crippen molar-refractivity contribution >= 4 is 34.6 Å². The highest BCUT2D eigenvalue weighted by molar-refractivity contribution is 5.98. The Hall–Kier alpha value is -3.75. The maximum atomic E-state index is 13.8. The van der Waals surface area contributed by atoms with E-state index in [0.717, 1.165) is 11.6 Å². The second kappa shape index (κ2) is 9.84. The van der Waals surface area contributed by atoms with Crippen molar-refractivity contribution in [3.8, 4) is 0 Å². The van der Waals surface area contributed by atoms with Gasteiger partial charge in [-0.05, 0) is 36.8 Å². The highest BCUT2D eigenvalue weighted by atomic mass is 19.2. The van der Waals surface area contributed by atoms with Gasteiger partial charge in [-0.25, -0.2) is 18.2 Å². The second-order valence-corrected chi connectivity index (χ2v) is 6.65. The molecule has 31 heavy (non-hydrogen) atoms. The summed E-state index contributed by atoms with van der Waals surface area (Å²) in [6, 6.07) is 8.90. The monoisotopic (exact) mass is 428 g/mol. The number of halogens is 3. The fourth-order valence-electron chi connectivity index (χ4n) is 2.84. The molecule has 0 aliphatic rings. The van der Waals surface area contributed by atoms with E-state index in [-0.39, 0.29) is 6.54 Å². The first-order valence-electron chi connectivity index (χ1n) is 9.51. The van der Waals surface area contributed by atoms with E-state index >= 15 is 0 Å². The third kappa shape index (κ3) is 5.44. The number of fused-ring (bicyclic) bond motifs is 1. The van der Waals surface area contributed by atoms with Gasteiger partial charge in [-0.15, -0.1) is 0 Å². The minimum atomic E-state index is -1.68. The van der Waals surface area contributed by atoms with Gasteiger partial charge in [-0.2, -0.15) is 0 Å². The first kappa shape index (κ1) is 21.9. The molecule has 0 aliphatic carbocycles. The molecule has 0 spiro atoms. The third-order valence-electron chi connectivity index (χ3n) is 4.31. The van der Waals surface area contributed by atoms with E-state index in [9.17, 15) is 22.8 Å². The molecule has 160 valence electrons. The summed E-state index contributed by atoms with van der Waals surface area (Å²) in [5.41, 5.74) is 1.36. The number of aromatic nitrogens is 2. The number of hydrogen-bond acceptors (Lipinski definition) is 4. The van der Waals surface area contributed by atoms with Crippen LogP contribution in [0.1, 0.15) is 19.0 Å². The summed E-state index contributed by atoms with van der Waals surface area (Å²) in [4.78, 5) is 34.7. The summed E-state index contributed by atoms with van der Waals surface area (Å²) >= 11 is 0. The number of para-hydroxylation sites is 2. The van der Waals surface area contributed by atoms with Gasteiger partial charge >= 0.3 is 0 Å². The van der Waals surface area contributed by atoms with Crippen LogP contribution in [0.25, 0.3) is 17.1 Å². The summed E-state index contributed by atoms with van der Waals surface area (Å²) in [6.45, 7) is 1.70. The Morgan fingerprint density at radius 3 is 2.55 bits per heavy atom. The molecule has 2 aromatic carbocycles. The van der Waals surface area contributed by atoms with Gasteiger partial charge in [0, 0.05) is 12.6 Å². The SMILES string of the molecule is CCCN(CC(=O)Nc1ccc(F)c(F)c1F)C(=O)/C=C/c1cnc2ccccc2n1. The van der Waals surface area contributed by atoms with Crippen molar-refractivity contribution in [3.05, 3.63) is 71.8 Å². The number of carbonyl (C=O) groups is 2. The van der Waals surface area contributed by atoms with Gasteiger partial charge < -0.3 is 10.2 Å². The van der Waals surface area contributed by atoms with Gasteiger partial charge in [0.2, 0.25) is 11.8 Å². The Balaban J connectivity index is 1.68. The largest absolute Gasteiger partial charge is 0.330 e. The van der Waals surface area contributed by atoms with Gasteiger partial charge in [-0.1, -0.05) is 19.1 Å². The van der Waals surface area contributed by atoms with Crippen molar-refractivity contribution in [2.45, 2.75) is 13.3 Å². The van der Waals surface area contributed by atoms with Crippen LogP contribution in [0.5, 0.6) is 0 Å². The molecule has 0 saturated carbocycles. The molecule has 0 atom stereocenters. The van der Waals surface area contributed by atoms with Gasteiger partial charge in [0.1, 0.15) is 6.54 Å². The summed E-state index contributed by atoms with van der Waals surface area (Å²) in [7, 11) is 0. The first-order valence-corrected chi connectivity index (χ1v) is 9.51. The Morgan fingerprint density at radius 2 is 1.81 bits per heavy atom. The number of hydrogen-bond donors (Lipinski definition) is 1.